The van der Waals surface area contributed by atoms with Crippen LogP contribution < -0.4 is 0 Å². The number of fused-ring (bicyclic) bond motifs is 1. The standard InChI is InChI=1S/C25H49P3/c1-14-26(11)17-28(13,18-27(12)15-2)22(5,6)16-25-20(4)23(7,8)19(3)21(25)24(25,9)10/h19-21H,11-18H2,1-10H3/q+2. The van der Waals surface area contributed by atoms with Gasteiger partial charge in [0.15, 0.2) is 0 Å². The van der Waals surface area contributed by atoms with Crippen molar-refractivity contribution in [3.63, 3.8) is 0 Å². The van der Waals surface area contributed by atoms with Gasteiger partial charge in [0, 0.05) is 0 Å². The molecule has 0 aromatic rings. The Bertz CT molecular complexity index is 671. The van der Waals surface area contributed by atoms with Gasteiger partial charge in [0.05, 0.1) is 27.7 Å². The van der Waals surface area contributed by atoms with E-state index in [0.717, 1.165) is 17.8 Å². The molecule has 2 aliphatic rings. The van der Waals surface area contributed by atoms with Gasteiger partial charge in [0.25, 0.3) is 0 Å². The monoisotopic (exact) mass is 442 g/mol. The Balaban J connectivity index is 2.45. The van der Waals surface area contributed by atoms with Crippen LogP contribution in [0, 0.1) is 34.0 Å². The van der Waals surface area contributed by atoms with Crippen molar-refractivity contribution in [3.05, 3.63) is 0 Å². The quantitative estimate of drug-likeness (QED) is 0.315. The normalized spacial score (nSPS) is 36.4. The van der Waals surface area contributed by atoms with Gasteiger partial charge in [0.2, 0.25) is 0 Å². The van der Waals surface area contributed by atoms with Crippen molar-refractivity contribution in [2.75, 3.05) is 24.1 Å². The second kappa shape index (κ2) is 7.65. The third-order valence-corrected chi connectivity index (χ3v) is 21.9. The molecule has 2 rings (SSSR count). The molecule has 2 aliphatic carbocycles. The molecule has 162 valence electrons. The van der Waals surface area contributed by atoms with Gasteiger partial charge in [-0.1, -0.05) is 61.7 Å². The lowest BCUT2D eigenvalue weighted by molar-refractivity contribution is 0.0870. The zero-order valence-electron chi connectivity index (χ0n) is 20.7. The highest BCUT2D eigenvalue weighted by Crippen LogP contribution is 2.87. The lowest BCUT2D eigenvalue weighted by atomic mass is 9.65. The van der Waals surface area contributed by atoms with E-state index in [1.54, 1.807) is 0 Å². The highest BCUT2D eigenvalue weighted by atomic mass is 31.2. The van der Waals surface area contributed by atoms with E-state index in [2.05, 4.69) is 81.8 Å². The summed E-state index contributed by atoms with van der Waals surface area (Å²) in [5, 5.41) is 0.328. The Hall–Kier alpha value is 0.640. The van der Waals surface area contributed by atoms with Crippen molar-refractivity contribution in [1.82, 2.24) is 0 Å². The maximum Gasteiger partial charge on any atom is 0.127 e. The Morgan fingerprint density at radius 3 is 1.71 bits per heavy atom. The molecular weight excluding hydrogens is 393 g/mol. The second-order valence-corrected chi connectivity index (χ2v) is 21.7. The minimum atomic E-state index is -1.35. The minimum Gasteiger partial charge on any atom is -0.0926 e. The average Bonchev–Trinajstić information content (AvgIpc) is 3.00. The van der Waals surface area contributed by atoms with E-state index < -0.39 is 6.89 Å². The van der Waals surface area contributed by atoms with E-state index in [1.807, 2.05) is 0 Å². The van der Waals surface area contributed by atoms with Gasteiger partial charge in [-0.05, 0) is 66.3 Å². The summed E-state index contributed by atoms with van der Waals surface area (Å²) in [7, 11) is -0.261. The summed E-state index contributed by atoms with van der Waals surface area (Å²) >= 11 is 0. The summed E-state index contributed by atoms with van der Waals surface area (Å²) in [5.41, 5.74) is 1.42. The van der Waals surface area contributed by atoms with Crippen LogP contribution in [0.25, 0.3) is 0 Å². The van der Waals surface area contributed by atoms with Gasteiger partial charge >= 0.3 is 0 Å². The van der Waals surface area contributed by atoms with Crippen LogP contribution in [0.4, 0.5) is 0 Å². The van der Waals surface area contributed by atoms with Crippen molar-refractivity contribution in [3.8, 4) is 0 Å². The third kappa shape index (κ3) is 3.51. The van der Waals surface area contributed by atoms with Crippen LogP contribution in [0.3, 0.4) is 0 Å². The second-order valence-electron chi connectivity index (χ2n) is 12.0. The molecular formula is C25H49P3+2. The molecule has 0 aliphatic heterocycles. The molecule has 0 aromatic heterocycles. The van der Waals surface area contributed by atoms with E-state index >= 15 is 0 Å². The molecule has 28 heavy (non-hydrogen) atoms. The van der Waals surface area contributed by atoms with Gasteiger partial charge in [-0.25, -0.2) is 0 Å². The summed E-state index contributed by atoms with van der Waals surface area (Å²) in [6, 6.07) is 0. The predicted molar refractivity (Wildman–Crippen MR) is 143 cm³/mol. The van der Waals surface area contributed by atoms with Crippen molar-refractivity contribution in [2.24, 2.45) is 34.0 Å². The molecule has 0 saturated heterocycles. The highest BCUT2D eigenvalue weighted by molar-refractivity contribution is 7.89. The van der Waals surface area contributed by atoms with Crippen LogP contribution in [0.5, 0.6) is 0 Å². The molecule has 3 heteroatoms. The molecule has 2 fully saturated rings. The molecule has 0 amide bonds. The topological polar surface area (TPSA) is 0 Å². The Labute approximate surface area is 179 Å². The van der Waals surface area contributed by atoms with Gasteiger partial charge in [-0.2, -0.15) is 0 Å². The van der Waals surface area contributed by atoms with Crippen molar-refractivity contribution >= 4 is 40.9 Å². The van der Waals surface area contributed by atoms with Gasteiger partial charge in [-0.3, -0.25) is 0 Å². The summed E-state index contributed by atoms with van der Waals surface area (Å²) in [4.78, 5) is 0. The summed E-state index contributed by atoms with van der Waals surface area (Å²) in [6.07, 6.45) is 18.1. The van der Waals surface area contributed by atoms with Crippen LogP contribution in [0.1, 0.15) is 75.7 Å². The number of hydrogen-bond donors (Lipinski definition) is 0. The van der Waals surface area contributed by atoms with E-state index in [0.29, 0.717) is 21.4 Å². The molecule has 6 unspecified atom stereocenters. The smallest absolute Gasteiger partial charge is 0.0926 e. The van der Waals surface area contributed by atoms with Gasteiger partial charge in [0.1, 0.15) is 24.1 Å². The molecule has 0 heterocycles. The van der Waals surface area contributed by atoms with E-state index in [1.165, 1.54) is 30.6 Å². The Kier molecular flexibility index (Phi) is 6.80. The molecule has 0 aromatic carbocycles. The first-order chi connectivity index (χ1) is 12.5. The summed E-state index contributed by atoms with van der Waals surface area (Å²) in [6.45, 7) is 23.8. The summed E-state index contributed by atoms with van der Waals surface area (Å²) in [5.74, 6) is 5.09. The minimum absolute atomic E-state index is 0.130. The zero-order valence-corrected chi connectivity index (χ0v) is 23.4. The maximum absolute atomic E-state index is 5.10. The predicted octanol–water partition coefficient (Wildman–Crippen LogP) is 8.34. The number of rotatable bonds is 9. The molecule has 2 saturated carbocycles. The fourth-order valence-electron chi connectivity index (χ4n) is 7.08. The SMILES string of the molecule is C=[P+](CC)CP(=C)(C[P+](=C)CC)C(C)(C)CC12C(C)C(C)(C)C(C)C1C2(C)C. The van der Waals surface area contributed by atoms with Crippen LogP contribution >= 0.6 is 22.0 Å². The van der Waals surface area contributed by atoms with E-state index in [4.69, 9.17) is 6.30 Å². The fraction of sp³-hybridized carbons (Fsp3) is 0.880. The first kappa shape index (κ1) is 24.9. The van der Waals surface area contributed by atoms with Crippen molar-refractivity contribution < 1.29 is 0 Å². The van der Waals surface area contributed by atoms with Crippen molar-refractivity contribution in [1.29, 1.82) is 0 Å². The van der Waals surface area contributed by atoms with E-state index in [9.17, 15) is 0 Å². The number of hydrogen-bond acceptors (Lipinski definition) is 0. The van der Waals surface area contributed by atoms with Crippen LogP contribution in [-0.2, 0) is 0 Å². The fourth-order valence-corrected chi connectivity index (χ4v) is 19.6. The summed E-state index contributed by atoms with van der Waals surface area (Å²) < 4.78 is 0. The van der Waals surface area contributed by atoms with Crippen LogP contribution in [-0.4, -0.2) is 48.2 Å². The van der Waals surface area contributed by atoms with Gasteiger partial charge < -0.3 is 0 Å². The lowest BCUT2D eigenvalue weighted by Gasteiger charge is -2.45. The molecule has 0 radical (unpaired) electrons. The van der Waals surface area contributed by atoms with Gasteiger partial charge in [-0.15, -0.1) is 0 Å². The Morgan fingerprint density at radius 1 is 0.929 bits per heavy atom. The molecule has 0 bridgehead atoms. The van der Waals surface area contributed by atoms with E-state index in [-0.39, 0.29) is 15.1 Å². The Morgan fingerprint density at radius 2 is 1.36 bits per heavy atom. The average molecular weight is 443 g/mol. The highest BCUT2D eigenvalue weighted by Gasteiger charge is 2.81. The first-order valence-corrected chi connectivity index (χ1v) is 17.5. The van der Waals surface area contributed by atoms with Crippen LogP contribution in [0.15, 0.2) is 0 Å². The molecule has 0 N–H and O–H groups in total. The molecule has 6 atom stereocenters. The third-order valence-electron chi connectivity index (χ3n) is 9.86. The first-order valence-electron chi connectivity index (χ1n) is 11.4. The van der Waals surface area contributed by atoms with Crippen molar-refractivity contribution in [2.45, 2.75) is 80.8 Å². The molecule has 0 nitrogen and oxygen atoms in total. The largest absolute Gasteiger partial charge is 0.127 e. The maximum atomic E-state index is 5.10. The zero-order chi connectivity index (χ0) is 21.9. The van der Waals surface area contributed by atoms with Crippen LogP contribution in [0.2, 0.25) is 0 Å². The molecule has 0 spiro atoms. The lowest BCUT2D eigenvalue weighted by Crippen LogP contribution is -2.37.